The Labute approximate surface area is 106 Å². The van der Waals surface area contributed by atoms with Gasteiger partial charge in [-0.2, -0.15) is 9.97 Å². The summed E-state index contributed by atoms with van der Waals surface area (Å²) >= 11 is 0. The van der Waals surface area contributed by atoms with Crippen LogP contribution in [0.3, 0.4) is 0 Å². The van der Waals surface area contributed by atoms with E-state index < -0.39 is 0 Å². The third-order valence-corrected chi connectivity index (χ3v) is 2.58. The van der Waals surface area contributed by atoms with Crippen molar-refractivity contribution < 1.29 is 4.74 Å². The van der Waals surface area contributed by atoms with E-state index in [1.807, 2.05) is 13.8 Å². The van der Waals surface area contributed by atoms with Crippen LogP contribution in [-0.2, 0) is 0 Å². The summed E-state index contributed by atoms with van der Waals surface area (Å²) in [6, 6.07) is 7.88. The van der Waals surface area contributed by atoms with E-state index in [0.717, 1.165) is 11.3 Å². The molecule has 18 heavy (non-hydrogen) atoms. The molecule has 0 aliphatic heterocycles. The van der Waals surface area contributed by atoms with Crippen molar-refractivity contribution in [2.24, 2.45) is 0 Å². The molecule has 0 unspecified atom stereocenters. The molecule has 1 aromatic heterocycles. The van der Waals surface area contributed by atoms with Crippen LogP contribution >= 0.6 is 0 Å². The maximum absolute atomic E-state index is 5.61. The van der Waals surface area contributed by atoms with Crippen molar-refractivity contribution in [1.29, 1.82) is 0 Å². The molecule has 1 heterocycles. The highest BCUT2D eigenvalue weighted by Gasteiger charge is 2.04. The van der Waals surface area contributed by atoms with Crippen LogP contribution in [-0.4, -0.2) is 17.1 Å². The summed E-state index contributed by atoms with van der Waals surface area (Å²) in [6.45, 7) is 4.07. The third kappa shape index (κ3) is 2.68. The summed E-state index contributed by atoms with van der Waals surface area (Å²) in [5, 5.41) is 3.22. The quantitative estimate of drug-likeness (QED) is 0.867. The van der Waals surface area contributed by atoms with Gasteiger partial charge in [-0.1, -0.05) is 12.1 Å². The zero-order chi connectivity index (χ0) is 13.1. The van der Waals surface area contributed by atoms with E-state index in [1.165, 1.54) is 5.56 Å². The third-order valence-electron chi connectivity index (χ3n) is 2.58. The smallest absolute Gasteiger partial charge is 0.225 e. The first-order valence-corrected chi connectivity index (χ1v) is 5.61. The highest BCUT2D eigenvalue weighted by atomic mass is 16.5. The van der Waals surface area contributed by atoms with E-state index in [9.17, 15) is 0 Å². The minimum absolute atomic E-state index is 0.183. The average Bonchev–Trinajstić information content (AvgIpc) is 2.33. The standard InChI is InChI=1S/C13H16N4O/c1-8-4-5-9(2)10(6-8)15-11-7-12(18-3)17-13(14)16-11/h4-7H,1-3H3,(H3,14,15,16,17). The van der Waals surface area contributed by atoms with Gasteiger partial charge in [0.25, 0.3) is 0 Å². The van der Waals surface area contributed by atoms with Gasteiger partial charge in [-0.15, -0.1) is 0 Å². The zero-order valence-electron chi connectivity index (χ0n) is 10.7. The number of aromatic nitrogens is 2. The molecule has 0 saturated heterocycles. The minimum atomic E-state index is 0.183. The Kier molecular flexibility index (Phi) is 3.32. The number of hydrogen-bond donors (Lipinski definition) is 2. The van der Waals surface area contributed by atoms with Gasteiger partial charge in [-0.3, -0.25) is 0 Å². The molecule has 0 spiro atoms. The summed E-state index contributed by atoms with van der Waals surface area (Å²) in [5.41, 5.74) is 8.92. The molecule has 5 nitrogen and oxygen atoms in total. The summed E-state index contributed by atoms with van der Waals surface area (Å²) in [5.74, 6) is 1.24. The molecule has 94 valence electrons. The molecule has 0 amide bonds. The summed E-state index contributed by atoms with van der Waals surface area (Å²) in [7, 11) is 1.55. The first-order chi connectivity index (χ1) is 8.58. The van der Waals surface area contributed by atoms with Crippen molar-refractivity contribution >= 4 is 17.5 Å². The predicted molar refractivity (Wildman–Crippen MR) is 72.2 cm³/mol. The van der Waals surface area contributed by atoms with Gasteiger partial charge in [0.15, 0.2) is 0 Å². The lowest BCUT2D eigenvalue weighted by Gasteiger charge is -2.10. The van der Waals surface area contributed by atoms with Gasteiger partial charge in [-0.25, -0.2) is 0 Å². The largest absolute Gasteiger partial charge is 0.481 e. The molecule has 0 aliphatic rings. The fraction of sp³-hybridized carbons (Fsp3) is 0.231. The minimum Gasteiger partial charge on any atom is -0.481 e. The van der Waals surface area contributed by atoms with Crippen molar-refractivity contribution in [1.82, 2.24) is 9.97 Å². The SMILES string of the molecule is COc1cc(Nc2cc(C)ccc2C)nc(N)n1. The summed E-state index contributed by atoms with van der Waals surface area (Å²) < 4.78 is 5.06. The number of nitrogens with zero attached hydrogens (tertiary/aromatic N) is 2. The second-order valence-corrected chi connectivity index (χ2v) is 4.10. The number of aryl methyl sites for hydroxylation is 2. The molecule has 0 radical (unpaired) electrons. The Balaban J connectivity index is 2.33. The molecule has 0 saturated carbocycles. The van der Waals surface area contributed by atoms with Crippen molar-refractivity contribution in [2.45, 2.75) is 13.8 Å². The number of benzene rings is 1. The fourth-order valence-corrected chi connectivity index (χ4v) is 1.62. The normalized spacial score (nSPS) is 10.2. The van der Waals surface area contributed by atoms with Gasteiger partial charge in [0.05, 0.1) is 7.11 Å². The van der Waals surface area contributed by atoms with Crippen LogP contribution in [0.15, 0.2) is 24.3 Å². The lowest BCUT2D eigenvalue weighted by atomic mass is 10.1. The molecule has 0 aliphatic carbocycles. The van der Waals surface area contributed by atoms with Crippen LogP contribution in [0.1, 0.15) is 11.1 Å². The average molecular weight is 244 g/mol. The lowest BCUT2D eigenvalue weighted by molar-refractivity contribution is 0.398. The van der Waals surface area contributed by atoms with Crippen LogP contribution in [0.5, 0.6) is 5.88 Å². The maximum Gasteiger partial charge on any atom is 0.225 e. The number of methoxy groups -OCH3 is 1. The molecule has 0 atom stereocenters. The first-order valence-electron chi connectivity index (χ1n) is 5.61. The molecule has 0 bridgehead atoms. The van der Waals surface area contributed by atoms with Crippen LogP contribution in [0.4, 0.5) is 17.5 Å². The number of anilines is 3. The van der Waals surface area contributed by atoms with Crippen molar-refractivity contribution in [3.63, 3.8) is 0 Å². The number of nitrogens with two attached hydrogens (primary N) is 1. The molecule has 2 aromatic rings. The second kappa shape index (κ2) is 4.91. The van der Waals surface area contributed by atoms with E-state index in [1.54, 1.807) is 13.2 Å². The van der Waals surface area contributed by atoms with Crippen LogP contribution in [0, 0.1) is 13.8 Å². The molecular weight excluding hydrogens is 228 g/mol. The first kappa shape index (κ1) is 12.2. The van der Waals surface area contributed by atoms with E-state index >= 15 is 0 Å². The molecule has 5 heteroatoms. The van der Waals surface area contributed by atoms with Crippen molar-refractivity contribution in [3.8, 4) is 5.88 Å². The van der Waals surface area contributed by atoms with Gasteiger partial charge >= 0.3 is 0 Å². The number of ether oxygens (including phenoxy) is 1. The molecule has 2 rings (SSSR count). The Bertz CT molecular complexity index is 569. The van der Waals surface area contributed by atoms with Crippen molar-refractivity contribution in [2.75, 3.05) is 18.2 Å². The second-order valence-electron chi connectivity index (χ2n) is 4.10. The number of nitrogens with one attached hydrogen (secondary N) is 1. The predicted octanol–water partition coefficient (Wildman–Crippen LogP) is 2.43. The van der Waals surface area contributed by atoms with Gasteiger partial charge < -0.3 is 15.8 Å². The van der Waals surface area contributed by atoms with Crippen LogP contribution in [0.25, 0.3) is 0 Å². The Morgan fingerprint density at radius 1 is 1.17 bits per heavy atom. The number of hydrogen-bond acceptors (Lipinski definition) is 5. The van der Waals surface area contributed by atoms with Crippen LogP contribution < -0.4 is 15.8 Å². The van der Waals surface area contributed by atoms with Gasteiger partial charge in [0.1, 0.15) is 5.82 Å². The maximum atomic E-state index is 5.61. The molecule has 1 aromatic carbocycles. The van der Waals surface area contributed by atoms with Crippen LogP contribution in [0.2, 0.25) is 0 Å². The van der Waals surface area contributed by atoms with Gasteiger partial charge in [0.2, 0.25) is 11.8 Å². The van der Waals surface area contributed by atoms with Gasteiger partial charge in [0, 0.05) is 11.8 Å². The molecule has 0 fully saturated rings. The van der Waals surface area contributed by atoms with E-state index in [4.69, 9.17) is 10.5 Å². The fourth-order valence-electron chi connectivity index (χ4n) is 1.62. The molecule has 3 N–H and O–H groups in total. The molecular formula is C13H16N4O. The zero-order valence-corrected chi connectivity index (χ0v) is 10.7. The number of rotatable bonds is 3. The highest BCUT2D eigenvalue weighted by molar-refractivity contribution is 5.62. The summed E-state index contributed by atoms with van der Waals surface area (Å²) in [4.78, 5) is 8.06. The Morgan fingerprint density at radius 3 is 2.67 bits per heavy atom. The number of nitrogen functional groups attached to an aromatic ring is 1. The lowest BCUT2D eigenvalue weighted by Crippen LogP contribution is -2.02. The highest BCUT2D eigenvalue weighted by Crippen LogP contribution is 2.22. The van der Waals surface area contributed by atoms with E-state index in [0.29, 0.717) is 11.7 Å². The van der Waals surface area contributed by atoms with Gasteiger partial charge in [-0.05, 0) is 31.0 Å². The Hall–Kier alpha value is -2.30. The van der Waals surface area contributed by atoms with E-state index in [-0.39, 0.29) is 5.95 Å². The Morgan fingerprint density at radius 2 is 1.94 bits per heavy atom. The summed E-state index contributed by atoms with van der Waals surface area (Å²) in [6.07, 6.45) is 0. The van der Waals surface area contributed by atoms with E-state index in [2.05, 4.69) is 33.5 Å². The van der Waals surface area contributed by atoms with Crippen molar-refractivity contribution in [3.05, 3.63) is 35.4 Å². The monoisotopic (exact) mass is 244 g/mol. The topological polar surface area (TPSA) is 73.1 Å².